The van der Waals surface area contributed by atoms with Gasteiger partial charge in [0.1, 0.15) is 5.76 Å². The highest BCUT2D eigenvalue weighted by Crippen LogP contribution is 2.30. The quantitative estimate of drug-likeness (QED) is 0.884. The van der Waals surface area contributed by atoms with E-state index in [0.717, 1.165) is 29.7 Å². The molecule has 1 aliphatic rings. The van der Waals surface area contributed by atoms with E-state index < -0.39 is 0 Å². The van der Waals surface area contributed by atoms with Gasteiger partial charge in [-0.1, -0.05) is 19.3 Å². The molecular weight excluding hydrogens is 242 g/mol. The van der Waals surface area contributed by atoms with E-state index in [0.29, 0.717) is 0 Å². The topological polar surface area (TPSA) is 39.2 Å². The number of hydrogen-bond acceptors (Lipinski definition) is 2. The van der Waals surface area contributed by atoms with Gasteiger partial charge in [-0.05, 0) is 40.9 Å². The van der Waals surface area contributed by atoms with Crippen LogP contribution in [0.25, 0.3) is 0 Å². The molecule has 0 atom stereocenters. The summed E-state index contributed by atoms with van der Waals surface area (Å²) in [5.41, 5.74) is 6.31. The molecule has 2 rings (SSSR count). The van der Waals surface area contributed by atoms with Crippen molar-refractivity contribution in [3.63, 3.8) is 0 Å². The Bertz CT molecular complexity index is 302. The van der Waals surface area contributed by atoms with Crippen molar-refractivity contribution in [3.8, 4) is 0 Å². The molecule has 1 saturated carbocycles. The molecule has 0 aliphatic heterocycles. The molecule has 3 heteroatoms. The molecule has 1 aromatic heterocycles. The molecular formula is C11H16BrNO. The molecule has 2 nitrogen and oxygen atoms in total. The third-order valence-corrected chi connectivity index (χ3v) is 3.43. The second-order valence-electron chi connectivity index (χ2n) is 4.31. The van der Waals surface area contributed by atoms with Gasteiger partial charge < -0.3 is 10.2 Å². The highest BCUT2D eigenvalue weighted by molar-refractivity contribution is 9.10. The predicted octanol–water partition coefficient (Wildman–Crippen LogP) is 3.25. The van der Waals surface area contributed by atoms with Crippen molar-refractivity contribution in [2.24, 2.45) is 5.73 Å². The summed E-state index contributed by atoms with van der Waals surface area (Å²) < 4.78 is 6.29. The lowest BCUT2D eigenvalue weighted by Crippen LogP contribution is -2.43. The summed E-state index contributed by atoms with van der Waals surface area (Å²) in [5.74, 6) is 1.00. The van der Waals surface area contributed by atoms with E-state index in [-0.39, 0.29) is 5.54 Å². The van der Waals surface area contributed by atoms with Crippen LogP contribution in [-0.2, 0) is 6.42 Å². The molecule has 0 aromatic carbocycles. The first-order valence-corrected chi connectivity index (χ1v) is 6.00. The first-order valence-electron chi connectivity index (χ1n) is 5.21. The van der Waals surface area contributed by atoms with E-state index in [1.54, 1.807) is 0 Å². The third-order valence-electron chi connectivity index (χ3n) is 3.00. The molecule has 0 radical (unpaired) electrons. The fraction of sp³-hybridized carbons (Fsp3) is 0.636. The zero-order valence-corrected chi connectivity index (χ0v) is 9.85. The molecule has 0 spiro atoms. The minimum atomic E-state index is -0.0183. The summed E-state index contributed by atoms with van der Waals surface area (Å²) in [6.07, 6.45) is 6.99. The Hall–Kier alpha value is -0.280. The largest absolute Gasteiger partial charge is 0.454 e. The van der Waals surface area contributed by atoms with Crippen molar-refractivity contribution in [3.05, 3.63) is 22.6 Å². The van der Waals surface area contributed by atoms with Gasteiger partial charge in [-0.15, -0.1) is 0 Å². The SMILES string of the molecule is NC1(Cc2ccc(Br)o2)CCCCC1. The van der Waals surface area contributed by atoms with E-state index in [1.165, 1.54) is 19.3 Å². The fourth-order valence-corrected chi connectivity index (χ4v) is 2.57. The third kappa shape index (κ3) is 2.39. The van der Waals surface area contributed by atoms with Crippen LogP contribution < -0.4 is 5.73 Å². The lowest BCUT2D eigenvalue weighted by molar-refractivity contribution is 0.276. The zero-order chi connectivity index (χ0) is 10.0. The Kier molecular flexibility index (Phi) is 2.98. The Morgan fingerprint density at radius 3 is 2.57 bits per heavy atom. The number of nitrogens with two attached hydrogens (primary N) is 1. The molecule has 0 amide bonds. The highest BCUT2D eigenvalue weighted by atomic mass is 79.9. The van der Waals surface area contributed by atoms with Gasteiger partial charge in [-0.25, -0.2) is 0 Å². The fourth-order valence-electron chi connectivity index (χ4n) is 2.23. The van der Waals surface area contributed by atoms with Crippen molar-refractivity contribution in [2.45, 2.75) is 44.1 Å². The first-order chi connectivity index (χ1) is 6.68. The summed E-state index contributed by atoms with van der Waals surface area (Å²) in [6.45, 7) is 0. The van der Waals surface area contributed by atoms with Crippen molar-refractivity contribution >= 4 is 15.9 Å². The molecule has 1 aliphatic carbocycles. The zero-order valence-electron chi connectivity index (χ0n) is 8.26. The number of hydrogen-bond donors (Lipinski definition) is 1. The molecule has 1 aromatic rings. The first kappa shape index (κ1) is 10.2. The van der Waals surface area contributed by atoms with Crippen LogP contribution in [0.4, 0.5) is 0 Å². The molecule has 0 saturated heterocycles. The maximum Gasteiger partial charge on any atom is 0.169 e. The van der Waals surface area contributed by atoms with Gasteiger partial charge in [0.25, 0.3) is 0 Å². The van der Waals surface area contributed by atoms with Gasteiger partial charge in [-0.3, -0.25) is 0 Å². The molecule has 2 N–H and O–H groups in total. The Morgan fingerprint density at radius 2 is 2.00 bits per heavy atom. The summed E-state index contributed by atoms with van der Waals surface area (Å²) in [6, 6.07) is 3.94. The van der Waals surface area contributed by atoms with Crippen LogP contribution >= 0.6 is 15.9 Å². The minimum absolute atomic E-state index is 0.0183. The van der Waals surface area contributed by atoms with Crippen molar-refractivity contribution in [1.29, 1.82) is 0 Å². The Morgan fingerprint density at radius 1 is 1.29 bits per heavy atom. The van der Waals surface area contributed by atoms with Crippen LogP contribution in [0.15, 0.2) is 21.2 Å². The lowest BCUT2D eigenvalue weighted by Gasteiger charge is -2.32. The number of halogens is 1. The second-order valence-corrected chi connectivity index (χ2v) is 5.09. The molecule has 78 valence electrons. The Labute approximate surface area is 93.0 Å². The highest BCUT2D eigenvalue weighted by Gasteiger charge is 2.28. The van der Waals surface area contributed by atoms with E-state index in [1.807, 2.05) is 12.1 Å². The van der Waals surface area contributed by atoms with Gasteiger partial charge in [0.05, 0.1) is 0 Å². The summed E-state index contributed by atoms with van der Waals surface area (Å²) in [5, 5.41) is 0. The van der Waals surface area contributed by atoms with Crippen LogP contribution in [-0.4, -0.2) is 5.54 Å². The summed E-state index contributed by atoms with van der Waals surface area (Å²) in [4.78, 5) is 0. The normalized spacial score (nSPS) is 21.0. The van der Waals surface area contributed by atoms with Crippen LogP contribution in [0.3, 0.4) is 0 Å². The van der Waals surface area contributed by atoms with Crippen LogP contribution in [0.2, 0.25) is 0 Å². The molecule has 0 unspecified atom stereocenters. The Balaban J connectivity index is 2.01. The molecule has 1 fully saturated rings. The van der Waals surface area contributed by atoms with E-state index in [9.17, 15) is 0 Å². The second kappa shape index (κ2) is 4.07. The average molecular weight is 258 g/mol. The monoisotopic (exact) mass is 257 g/mol. The lowest BCUT2D eigenvalue weighted by atomic mass is 9.80. The van der Waals surface area contributed by atoms with Crippen LogP contribution in [0.1, 0.15) is 37.9 Å². The van der Waals surface area contributed by atoms with Crippen LogP contribution in [0.5, 0.6) is 0 Å². The standard InChI is InChI=1S/C11H16BrNO/c12-10-5-4-9(14-10)8-11(13)6-2-1-3-7-11/h4-5H,1-3,6-8,13H2. The van der Waals surface area contributed by atoms with Crippen LogP contribution in [0, 0.1) is 0 Å². The van der Waals surface area contributed by atoms with Crippen molar-refractivity contribution in [2.75, 3.05) is 0 Å². The van der Waals surface area contributed by atoms with E-state index in [4.69, 9.17) is 10.2 Å². The maximum absolute atomic E-state index is 6.33. The minimum Gasteiger partial charge on any atom is -0.454 e. The summed E-state index contributed by atoms with van der Waals surface area (Å²) in [7, 11) is 0. The van der Waals surface area contributed by atoms with Gasteiger partial charge in [0.2, 0.25) is 0 Å². The van der Waals surface area contributed by atoms with Gasteiger partial charge >= 0.3 is 0 Å². The van der Waals surface area contributed by atoms with E-state index in [2.05, 4.69) is 15.9 Å². The molecule has 1 heterocycles. The van der Waals surface area contributed by atoms with Crippen molar-refractivity contribution < 1.29 is 4.42 Å². The van der Waals surface area contributed by atoms with E-state index >= 15 is 0 Å². The average Bonchev–Trinajstić information content (AvgIpc) is 2.51. The number of furan rings is 1. The van der Waals surface area contributed by atoms with Gasteiger partial charge in [-0.2, -0.15) is 0 Å². The summed E-state index contributed by atoms with van der Waals surface area (Å²) >= 11 is 3.31. The van der Waals surface area contributed by atoms with Crippen molar-refractivity contribution in [1.82, 2.24) is 0 Å². The molecule has 14 heavy (non-hydrogen) atoms. The predicted molar refractivity (Wildman–Crippen MR) is 60.1 cm³/mol. The molecule has 0 bridgehead atoms. The number of rotatable bonds is 2. The maximum atomic E-state index is 6.33. The van der Waals surface area contributed by atoms with Gasteiger partial charge in [0.15, 0.2) is 4.67 Å². The smallest absolute Gasteiger partial charge is 0.169 e. The van der Waals surface area contributed by atoms with Gasteiger partial charge in [0, 0.05) is 12.0 Å².